The van der Waals surface area contributed by atoms with Crippen LogP contribution in [0.3, 0.4) is 0 Å². The second-order valence-corrected chi connectivity index (χ2v) is 6.31. The summed E-state index contributed by atoms with van der Waals surface area (Å²) in [5, 5.41) is 16.3. The number of hydrogen-bond donors (Lipinski definition) is 2. The number of ether oxygens (including phenoxy) is 1. The van der Waals surface area contributed by atoms with Crippen LogP contribution in [0.4, 0.5) is 0 Å². The average Bonchev–Trinajstić information content (AvgIpc) is 2.65. The highest BCUT2D eigenvalue weighted by molar-refractivity contribution is 6.30. The van der Waals surface area contributed by atoms with E-state index in [1.807, 2.05) is 56.6 Å². The Morgan fingerprint density at radius 3 is 2.14 bits per heavy atom. The Bertz CT molecular complexity index is 752. The van der Waals surface area contributed by atoms with Crippen molar-refractivity contribution in [1.82, 2.24) is 9.88 Å². The fourth-order valence-corrected chi connectivity index (χ4v) is 2.14. The van der Waals surface area contributed by atoms with E-state index in [9.17, 15) is 9.59 Å². The molecule has 0 amide bonds. The molecule has 158 valence electrons. The first-order chi connectivity index (χ1) is 13.3. The first kappa shape index (κ1) is 26.6. The second kappa shape index (κ2) is 14.5. The molecule has 2 rings (SSSR count). The van der Waals surface area contributed by atoms with Gasteiger partial charge in [-0.2, -0.15) is 0 Å². The summed E-state index contributed by atoms with van der Waals surface area (Å²) in [5.41, 5.74) is 1.97. The van der Waals surface area contributed by atoms with Crippen LogP contribution in [-0.2, 0) is 14.3 Å². The van der Waals surface area contributed by atoms with E-state index in [4.69, 9.17) is 26.6 Å². The average molecular weight is 443 g/mol. The third kappa shape index (κ3) is 11.9. The summed E-state index contributed by atoms with van der Waals surface area (Å²) in [6, 6.07) is 13.6. The second-order valence-electron chi connectivity index (χ2n) is 5.87. The van der Waals surface area contributed by atoms with E-state index in [1.54, 1.807) is 6.20 Å². The van der Waals surface area contributed by atoms with E-state index in [2.05, 4.69) is 9.88 Å². The maximum absolute atomic E-state index is 9.55. The number of nitrogens with zero attached hydrogens (tertiary/aromatic N) is 2. The van der Waals surface area contributed by atoms with E-state index in [-0.39, 0.29) is 18.5 Å². The summed E-state index contributed by atoms with van der Waals surface area (Å²) in [6.45, 7) is 1.52. The van der Waals surface area contributed by atoms with Crippen molar-refractivity contribution in [3.8, 4) is 0 Å². The predicted octanol–water partition coefficient (Wildman–Crippen LogP) is 3.54. The van der Waals surface area contributed by atoms with Gasteiger partial charge in [0.2, 0.25) is 0 Å². The van der Waals surface area contributed by atoms with Crippen LogP contribution in [0.5, 0.6) is 0 Å². The van der Waals surface area contributed by atoms with Crippen molar-refractivity contribution in [2.75, 3.05) is 27.2 Å². The molecule has 1 aromatic carbocycles. The summed E-state index contributed by atoms with van der Waals surface area (Å²) in [4.78, 5) is 25.6. The van der Waals surface area contributed by atoms with Crippen LogP contribution in [0.2, 0.25) is 5.02 Å². The van der Waals surface area contributed by atoms with Crippen LogP contribution < -0.4 is 0 Å². The molecule has 0 saturated carbocycles. The Morgan fingerprint density at radius 2 is 1.69 bits per heavy atom. The zero-order valence-corrected chi connectivity index (χ0v) is 17.6. The summed E-state index contributed by atoms with van der Waals surface area (Å²) >= 11 is 5.95. The fourth-order valence-electron chi connectivity index (χ4n) is 2.02. The molecule has 29 heavy (non-hydrogen) atoms. The van der Waals surface area contributed by atoms with Crippen molar-refractivity contribution < 1.29 is 24.5 Å². The molecule has 9 heteroatoms. The van der Waals surface area contributed by atoms with Gasteiger partial charge in [0, 0.05) is 29.9 Å². The number of carbonyl (C=O) groups is 2. The molecule has 0 fully saturated rings. The molecule has 0 aliphatic heterocycles. The van der Waals surface area contributed by atoms with Gasteiger partial charge in [-0.05, 0) is 43.9 Å². The van der Waals surface area contributed by atoms with Gasteiger partial charge < -0.3 is 19.8 Å². The number of hydrogen-bond acceptors (Lipinski definition) is 5. The molecule has 0 radical (unpaired) electrons. The lowest BCUT2D eigenvalue weighted by Gasteiger charge is -2.19. The first-order valence-corrected chi connectivity index (χ1v) is 8.74. The molecule has 2 N–H and O–H groups in total. The van der Waals surface area contributed by atoms with Gasteiger partial charge >= 0.3 is 11.9 Å². The topological polar surface area (TPSA) is 100.0 Å². The van der Waals surface area contributed by atoms with Crippen LogP contribution in [0.15, 0.2) is 60.8 Å². The van der Waals surface area contributed by atoms with Crippen molar-refractivity contribution in [3.63, 3.8) is 0 Å². The molecule has 0 saturated heterocycles. The standard InChI is InChI=1S/C16H19ClN2O.C4H4O4.ClH/c1-19(2)11-12-20-16(15-5-3-4-10-18-15)13-6-8-14(17)9-7-13;5-3(6)1-2-4(7)8;/h3-10,16H,11-12H2,1-2H3;1-2H,(H,5,6)(H,7,8);1H/b;2-1+;. The van der Waals surface area contributed by atoms with Crippen LogP contribution in [-0.4, -0.2) is 59.3 Å². The SMILES string of the molecule is CN(C)CCOC(c1ccc(Cl)cc1)c1ccccn1.Cl.O=C(O)/C=C/C(=O)O. The third-order valence-electron chi connectivity index (χ3n) is 3.32. The molecule has 0 aliphatic rings. The number of halogens is 2. The Labute approximate surface area is 181 Å². The largest absolute Gasteiger partial charge is 0.478 e. The number of aliphatic carboxylic acids is 2. The molecule has 0 bridgehead atoms. The predicted molar refractivity (Wildman–Crippen MR) is 114 cm³/mol. The fraction of sp³-hybridized carbons (Fsp3) is 0.250. The lowest BCUT2D eigenvalue weighted by atomic mass is 10.1. The summed E-state index contributed by atoms with van der Waals surface area (Å²) < 4.78 is 6.02. The van der Waals surface area contributed by atoms with Gasteiger partial charge in [0.25, 0.3) is 0 Å². The van der Waals surface area contributed by atoms with Gasteiger partial charge in [0.05, 0.1) is 12.3 Å². The van der Waals surface area contributed by atoms with E-state index in [0.717, 1.165) is 22.8 Å². The lowest BCUT2D eigenvalue weighted by molar-refractivity contribution is -0.134. The monoisotopic (exact) mass is 442 g/mol. The molecule has 2 aromatic rings. The minimum Gasteiger partial charge on any atom is -0.478 e. The Hall–Kier alpha value is -2.45. The van der Waals surface area contributed by atoms with Crippen LogP contribution in [0, 0.1) is 0 Å². The van der Waals surface area contributed by atoms with E-state index < -0.39 is 11.9 Å². The lowest BCUT2D eigenvalue weighted by Crippen LogP contribution is -2.20. The zero-order chi connectivity index (χ0) is 20.9. The van der Waals surface area contributed by atoms with E-state index in [0.29, 0.717) is 18.8 Å². The molecular formula is C20H24Cl2N2O5. The van der Waals surface area contributed by atoms with Crippen molar-refractivity contribution in [2.24, 2.45) is 0 Å². The molecule has 0 aliphatic carbocycles. The Kier molecular flexibility index (Phi) is 13.3. The summed E-state index contributed by atoms with van der Waals surface area (Å²) in [6.07, 6.45) is 2.74. The number of carboxylic acid groups (broad SMARTS) is 2. The van der Waals surface area contributed by atoms with Crippen molar-refractivity contribution in [3.05, 3.63) is 77.1 Å². The molecule has 1 unspecified atom stereocenters. The first-order valence-electron chi connectivity index (χ1n) is 8.36. The van der Waals surface area contributed by atoms with E-state index >= 15 is 0 Å². The normalized spacial score (nSPS) is 11.3. The quantitative estimate of drug-likeness (QED) is 0.602. The number of benzene rings is 1. The molecule has 1 aromatic heterocycles. The van der Waals surface area contributed by atoms with Gasteiger partial charge in [-0.1, -0.05) is 29.8 Å². The maximum atomic E-state index is 9.55. The minimum atomic E-state index is -1.26. The smallest absolute Gasteiger partial charge is 0.328 e. The van der Waals surface area contributed by atoms with Crippen LogP contribution in [0.1, 0.15) is 17.4 Å². The van der Waals surface area contributed by atoms with Gasteiger partial charge in [-0.25, -0.2) is 9.59 Å². The zero-order valence-electron chi connectivity index (χ0n) is 16.1. The van der Waals surface area contributed by atoms with Crippen molar-refractivity contribution in [2.45, 2.75) is 6.10 Å². The molecule has 0 spiro atoms. The number of aromatic nitrogens is 1. The molecule has 1 heterocycles. The molecule has 7 nitrogen and oxygen atoms in total. The van der Waals surface area contributed by atoms with Gasteiger partial charge in [0.15, 0.2) is 0 Å². The number of carboxylic acids is 2. The maximum Gasteiger partial charge on any atom is 0.328 e. The highest BCUT2D eigenvalue weighted by Gasteiger charge is 2.15. The summed E-state index contributed by atoms with van der Waals surface area (Å²) in [7, 11) is 4.06. The Morgan fingerprint density at radius 1 is 1.10 bits per heavy atom. The highest BCUT2D eigenvalue weighted by Crippen LogP contribution is 2.25. The molecule has 1 atom stereocenters. The number of rotatable bonds is 8. The third-order valence-corrected chi connectivity index (χ3v) is 3.57. The van der Waals surface area contributed by atoms with Crippen LogP contribution in [0.25, 0.3) is 0 Å². The summed E-state index contributed by atoms with van der Waals surface area (Å²) in [5.74, 6) is -2.51. The highest BCUT2D eigenvalue weighted by atomic mass is 35.5. The van der Waals surface area contributed by atoms with E-state index in [1.165, 1.54) is 0 Å². The number of likely N-dealkylation sites (N-methyl/N-ethyl adjacent to an activating group) is 1. The van der Waals surface area contributed by atoms with Crippen LogP contribution >= 0.6 is 24.0 Å². The van der Waals surface area contributed by atoms with Gasteiger partial charge in [0.1, 0.15) is 6.10 Å². The van der Waals surface area contributed by atoms with Crippen molar-refractivity contribution >= 4 is 35.9 Å². The van der Waals surface area contributed by atoms with Gasteiger partial charge in [-0.15, -0.1) is 12.4 Å². The van der Waals surface area contributed by atoms with Gasteiger partial charge in [-0.3, -0.25) is 4.98 Å². The minimum absolute atomic E-state index is 0. The Balaban J connectivity index is 0.000000747. The molecular weight excluding hydrogens is 419 g/mol. The van der Waals surface area contributed by atoms with Crippen molar-refractivity contribution in [1.29, 1.82) is 0 Å². The number of pyridine rings is 1.